The van der Waals surface area contributed by atoms with Gasteiger partial charge in [-0.1, -0.05) is 6.07 Å². The first kappa shape index (κ1) is 21.4. The van der Waals surface area contributed by atoms with Crippen LogP contribution in [0.15, 0.2) is 48.8 Å². The number of rotatable bonds is 6. The lowest BCUT2D eigenvalue weighted by Gasteiger charge is -2.36. The molecule has 0 bridgehead atoms. The van der Waals surface area contributed by atoms with Crippen LogP contribution in [0.4, 0.5) is 23.2 Å². The summed E-state index contributed by atoms with van der Waals surface area (Å²) < 4.78 is 57.6. The van der Waals surface area contributed by atoms with Gasteiger partial charge < -0.3 is 15.0 Å². The number of nitrogens with one attached hydrogen (secondary N) is 1. The maximum atomic E-state index is 13.4. The highest BCUT2D eigenvalue weighted by Gasteiger charge is 2.35. The summed E-state index contributed by atoms with van der Waals surface area (Å²) in [6.07, 6.45) is 0.0726. The SMILES string of the molecule is CN(C)c1ccc2cncc(CNC3CC(Oc4ccc(F)c(C(F)(F)F)c4)C3)c2c1. The Hall–Kier alpha value is -2.87. The monoisotopic (exact) mass is 433 g/mol. The fourth-order valence-corrected chi connectivity index (χ4v) is 3.70. The van der Waals surface area contributed by atoms with E-state index in [4.69, 9.17) is 4.74 Å². The standard InChI is InChI=1S/C23H23F4N3O/c1-30(2)17-4-3-14-11-28-12-15(20(14)9-17)13-29-16-7-19(8-16)31-18-5-6-22(24)21(10-18)23(25,26)27/h3-6,9-12,16,19,29H,7-8,13H2,1-2H3. The lowest BCUT2D eigenvalue weighted by Crippen LogP contribution is -2.46. The lowest BCUT2D eigenvalue weighted by molar-refractivity contribution is -0.140. The zero-order valence-electron chi connectivity index (χ0n) is 17.2. The molecule has 0 atom stereocenters. The molecule has 31 heavy (non-hydrogen) atoms. The highest BCUT2D eigenvalue weighted by Crippen LogP contribution is 2.35. The first-order chi connectivity index (χ1) is 14.7. The molecule has 0 unspecified atom stereocenters. The van der Waals surface area contributed by atoms with E-state index >= 15 is 0 Å². The number of nitrogens with zero attached hydrogens (tertiary/aromatic N) is 2. The number of anilines is 1. The average Bonchev–Trinajstić information content (AvgIpc) is 2.69. The van der Waals surface area contributed by atoms with E-state index in [-0.39, 0.29) is 17.9 Å². The molecule has 2 aromatic carbocycles. The molecule has 1 aliphatic carbocycles. The molecule has 0 amide bonds. The van der Waals surface area contributed by atoms with Crippen LogP contribution < -0.4 is 15.0 Å². The van der Waals surface area contributed by atoms with Gasteiger partial charge in [0.15, 0.2) is 0 Å². The van der Waals surface area contributed by atoms with Gasteiger partial charge in [-0.25, -0.2) is 4.39 Å². The summed E-state index contributed by atoms with van der Waals surface area (Å²) >= 11 is 0. The second-order valence-electron chi connectivity index (χ2n) is 8.03. The summed E-state index contributed by atoms with van der Waals surface area (Å²) in [5.74, 6) is -1.26. The van der Waals surface area contributed by atoms with Gasteiger partial charge >= 0.3 is 6.18 Å². The van der Waals surface area contributed by atoms with Crippen molar-refractivity contribution < 1.29 is 22.3 Å². The molecule has 1 aromatic heterocycles. The quantitative estimate of drug-likeness (QED) is 0.545. The minimum Gasteiger partial charge on any atom is -0.490 e. The fourth-order valence-electron chi connectivity index (χ4n) is 3.70. The van der Waals surface area contributed by atoms with Gasteiger partial charge in [0.05, 0.1) is 5.56 Å². The van der Waals surface area contributed by atoms with E-state index in [1.54, 1.807) is 0 Å². The second kappa shape index (κ2) is 8.34. The minimum atomic E-state index is -4.74. The second-order valence-corrected chi connectivity index (χ2v) is 8.03. The molecule has 1 aliphatic rings. The van der Waals surface area contributed by atoms with Gasteiger partial charge in [0, 0.05) is 50.1 Å². The largest absolute Gasteiger partial charge is 0.490 e. The van der Waals surface area contributed by atoms with Crippen LogP contribution in [0, 0.1) is 5.82 Å². The van der Waals surface area contributed by atoms with Crippen molar-refractivity contribution in [2.24, 2.45) is 0 Å². The Labute approximate surface area is 177 Å². The highest BCUT2D eigenvalue weighted by molar-refractivity contribution is 5.87. The zero-order chi connectivity index (χ0) is 22.2. The van der Waals surface area contributed by atoms with Crippen molar-refractivity contribution in [3.63, 3.8) is 0 Å². The maximum Gasteiger partial charge on any atom is 0.419 e. The molecule has 0 spiro atoms. The number of aromatic nitrogens is 1. The van der Waals surface area contributed by atoms with Crippen molar-refractivity contribution in [3.05, 3.63) is 65.7 Å². The number of hydrogen-bond acceptors (Lipinski definition) is 4. The number of fused-ring (bicyclic) bond motifs is 1. The third-order valence-corrected chi connectivity index (χ3v) is 5.57. The highest BCUT2D eigenvalue weighted by atomic mass is 19.4. The van der Waals surface area contributed by atoms with Gasteiger partial charge in [0.1, 0.15) is 17.7 Å². The van der Waals surface area contributed by atoms with Crippen LogP contribution in [0.25, 0.3) is 10.8 Å². The number of pyridine rings is 1. The first-order valence-corrected chi connectivity index (χ1v) is 10.0. The van der Waals surface area contributed by atoms with Crippen LogP contribution >= 0.6 is 0 Å². The molecule has 1 heterocycles. The van der Waals surface area contributed by atoms with Gasteiger partial charge in [0.25, 0.3) is 0 Å². The van der Waals surface area contributed by atoms with Gasteiger partial charge in [-0.15, -0.1) is 0 Å². The topological polar surface area (TPSA) is 37.4 Å². The molecule has 3 aromatic rings. The molecular formula is C23H23F4N3O. The summed E-state index contributed by atoms with van der Waals surface area (Å²) in [6, 6.07) is 9.17. The number of ether oxygens (including phenoxy) is 1. The van der Waals surface area contributed by atoms with Crippen LogP contribution in [-0.4, -0.2) is 31.2 Å². The Morgan fingerprint density at radius 1 is 1.10 bits per heavy atom. The number of benzene rings is 2. The van der Waals surface area contributed by atoms with Crippen molar-refractivity contribution in [2.75, 3.05) is 19.0 Å². The van der Waals surface area contributed by atoms with E-state index in [1.165, 1.54) is 6.07 Å². The molecule has 4 rings (SSSR count). The van der Waals surface area contributed by atoms with Gasteiger partial charge in [0.2, 0.25) is 0 Å². The van der Waals surface area contributed by atoms with E-state index in [1.807, 2.05) is 37.5 Å². The van der Waals surface area contributed by atoms with E-state index in [9.17, 15) is 17.6 Å². The molecule has 1 fully saturated rings. The molecular weight excluding hydrogens is 410 g/mol. The smallest absolute Gasteiger partial charge is 0.419 e. The molecule has 1 N–H and O–H groups in total. The van der Waals surface area contributed by atoms with Crippen molar-refractivity contribution >= 4 is 16.5 Å². The molecule has 4 nitrogen and oxygen atoms in total. The van der Waals surface area contributed by atoms with E-state index < -0.39 is 17.6 Å². The Bertz CT molecular complexity index is 1080. The Balaban J connectivity index is 1.35. The van der Waals surface area contributed by atoms with Crippen LogP contribution in [0.2, 0.25) is 0 Å². The average molecular weight is 433 g/mol. The summed E-state index contributed by atoms with van der Waals surface area (Å²) in [7, 11) is 3.99. The van der Waals surface area contributed by atoms with Gasteiger partial charge in [-0.3, -0.25) is 4.98 Å². The summed E-state index contributed by atoms with van der Waals surface area (Å²) in [5, 5.41) is 5.66. The third-order valence-electron chi connectivity index (χ3n) is 5.57. The predicted molar refractivity (Wildman–Crippen MR) is 112 cm³/mol. The van der Waals surface area contributed by atoms with Crippen molar-refractivity contribution in [2.45, 2.75) is 37.7 Å². The van der Waals surface area contributed by atoms with E-state index in [2.05, 4.69) is 22.4 Å². The Morgan fingerprint density at radius 2 is 1.87 bits per heavy atom. The predicted octanol–water partition coefficient (Wildman–Crippen LogP) is 5.16. The van der Waals surface area contributed by atoms with Crippen LogP contribution in [-0.2, 0) is 12.7 Å². The Kier molecular flexibility index (Phi) is 5.75. The first-order valence-electron chi connectivity index (χ1n) is 10.0. The van der Waals surface area contributed by atoms with Crippen LogP contribution in [0.1, 0.15) is 24.0 Å². The van der Waals surface area contributed by atoms with E-state index in [0.29, 0.717) is 19.4 Å². The fraction of sp³-hybridized carbons (Fsp3) is 0.348. The van der Waals surface area contributed by atoms with Crippen molar-refractivity contribution in [1.82, 2.24) is 10.3 Å². The molecule has 164 valence electrons. The van der Waals surface area contributed by atoms with Crippen LogP contribution in [0.3, 0.4) is 0 Å². The molecule has 0 saturated heterocycles. The van der Waals surface area contributed by atoms with Gasteiger partial charge in [-0.2, -0.15) is 13.2 Å². The normalized spacial score (nSPS) is 18.6. The molecule has 8 heteroatoms. The molecule has 0 radical (unpaired) electrons. The third kappa shape index (κ3) is 4.74. The van der Waals surface area contributed by atoms with Gasteiger partial charge in [-0.05, 0) is 54.1 Å². The van der Waals surface area contributed by atoms with E-state index in [0.717, 1.165) is 34.2 Å². The molecule has 0 aliphatic heterocycles. The van der Waals surface area contributed by atoms with Crippen LogP contribution in [0.5, 0.6) is 5.75 Å². The number of hydrogen-bond donors (Lipinski definition) is 1. The summed E-state index contributed by atoms with van der Waals surface area (Å²) in [4.78, 5) is 6.36. The Morgan fingerprint density at radius 3 is 2.58 bits per heavy atom. The molecule has 1 saturated carbocycles. The minimum absolute atomic E-state index is 0.0339. The number of alkyl halides is 3. The van der Waals surface area contributed by atoms with Crippen molar-refractivity contribution in [1.29, 1.82) is 0 Å². The zero-order valence-corrected chi connectivity index (χ0v) is 17.2. The number of halogens is 4. The maximum absolute atomic E-state index is 13.4. The van der Waals surface area contributed by atoms with Crippen molar-refractivity contribution in [3.8, 4) is 5.75 Å². The summed E-state index contributed by atoms with van der Waals surface area (Å²) in [5.41, 5.74) is 0.882. The summed E-state index contributed by atoms with van der Waals surface area (Å²) in [6.45, 7) is 0.632. The lowest BCUT2D eigenvalue weighted by atomic mass is 9.89.